The number of nitrogens with zero attached hydrogens (tertiary/aromatic N) is 3. The number of carbonyl (C=O) groups is 1. The Morgan fingerprint density at radius 2 is 1.87 bits per heavy atom. The van der Waals surface area contributed by atoms with Crippen molar-refractivity contribution in [1.82, 2.24) is 15.1 Å². The highest BCUT2D eigenvalue weighted by Gasteiger charge is 2.28. The highest BCUT2D eigenvalue weighted by molar-refractivity contribution is 5.81. The maximum absolute atomic E-state index is 12.1. The first-order valence-corrected chi connectivity index (χ1v) is 11.2. The quantitative estimate of drug-likeness (QED) is 0.420. The molecule has 0 spiro atoms. The molecule has 2 saturated heterocycles. The molecule has 2 fully saturated rings. The zero-order valence-electron chi connectivity index (χ0n) is 18.3. The van der Waals surface area contributed by atoms with Gasteiger partial charge in [0.25, 0.3) is 0 Å². The molecule has 7 heteroatoms. The summed E-state index contributed by atoms with van der Waals surface area (Å²) in [6, 6.07) is 8.68. The topological polar surface area (TPSA) is 77.4 Å². The van der Waals surface area contributed by atoms with Crippen LogP contribution in [-0.4, -0.2) is 72.8 Å². The van der Waals surface area contributed by atoms with Gasteiger partial charge in [-0.25, -0.2) is 0 Å². The van der Waals surface area contributed by atoms with Crippen LogP contribution in [0.1, 0.15) is 43.7 Å². The molecule has 2 aliphatic rings. The van der Waals surface area contributed by atoms with E-state index in [-0.39, 0.29) is 18.0 Å². The maximum Gasteiger partial charge on any atom is 0.310 e. The third-order valence-corrected chi connectivity index (χ3v) is 5.99. The molecule has 0 bridgehead atoms. The molecule has 3 rings (SSSR count). The Morgan fingerprint density at radius 1 is 1.17 bits per heavy atom. The number of hydrogen-bond donors (Lipinski definition) is 2. The molecule has 166 valence electrons. The van der Waals surface area contributed by atoms with E-state index in [4.69, 9.17) is 4.74 Å². The lowest BCUT2D eigenvalue weighted by molar-refractivity contribution is -0.149. The number of ether oxygens (including phenoxy) is 1. The highest BCUT2D eigenvalue weighted by atomic mass is 16.5. The number of benzene rings is 1. The first kappa shape index (κ1) is 22.6. The number of likely N-dealkylation sites (tertiary alicyclic amines) is 2. The lowest BCUT2D eigenvalue weighted by Crippen LogP contribution is -2.48. The fraction of sp³-hybridized carbons (Fsp3) is 0.652. The minimum Gasteiger partial charge on any atom is -0.466 e. The van der Waals surface area contributed by atoms with Crippen molar-refractivity contribution < 1.29 is 14.6 Å². The van der Waals surface area contributed by atoms with Crippen molar-refractivity contribution in [3.63, 3.8) is 0 Å². The lowest BCUT2D eigenvalue weighted by atomic mass is 9.98. The van der Waals surface area contributed by atoms with Crippen molar-refractivity contribution in [2.45, 2.75) is 51.8 Å². The fourth-order valence-electron chi connectivity index (χ4n) is 4.23. The summed E-state index contributed by atoms with van der Waals surface area (Å²) in [5, 5.41) is 13.1. The van der Waals surface area contributed by atoms with E-state index >= 15 is 0 Å². The Kier molecular flexibility index (Phi) is 8.51. The summed E-state index contributed by atoms with van der Waals surface area (Å²) in [6.45, 7) is 7.39. The number of carbonyl (C=O) groups excluding carboxylic acids is 1. The van der Waals surface area contributed by atoms with Crippen LogP contribution in [0.2, 0.25) is 0 Å². The Balaban J connectivity index is 1.48. The number of piperidine rings is 2. The predicted octanol–water partition coefficient (Wildman–Crippen LogP) is 1.99. The molecule has 0 aromatic heterocycles. The average molecular weight is 417 g/mol. The number of esters is 1. The van der Waals surface area contributed by atoms with Crippen LogP contribution in [0.5, 0.6) is 0 Å². The van der Waals surface area contributed by atoms with Crippen LogP contribution in [0.25, 0.3) is 0 Å². The summed E-state index contributed by atoms with van der Waals surface area (Å²) < 4.78 is 5.20. The molecule has 7 nitrogen and oxygen atoms in total. The minimum atomic E-state index is -0.128. The number of aliphatic imine (C=N–C) groups is 1. The monoisotopic (exact) mass is 416 g/mol. The Morgan fingerprint density at radius 3 is 2.53 bits per heavy atom. The van der Waals surface area contributed by atoms with E-state index < -0.39 is 0 Å². The number of aliphatic hydroxyl groups excluding tert-OH is 1. The number of hydrogen-bond acceptors (Lipinski definition) is 5. The number of rotatable bonds is 6. The van der Waals surface area contributed by atoms with Gasteiger partial charge < -0.3 is 20.1 Å². The van der Waals surface area contributed by atoms with Gasteiger partial charge in [0, 0.05) is 46.3 Å². The van der Waals surface area contributed by atoms with Crippen LogP contribution in [0, 0.1) is 5.92 Å². The zero-order chi connectivity index (χ0) is 21.3. The van der Waals surface area contributed by atoms with E-state index in [0.717, 1.165) is 57.8 Å². The molecule has 1 unspecified atom stereocenters. The van der Waals surface area contributed by atoms with Crippen LogP contribution in [0.4, 0.5) is 0 Å². The van der Waals surface area contributed by atoms with Crippen molar-refractivity contribution in [2.75, 3.05) is 39.8 Å². The second-order valence-corrected chi connectivity index (χ2v) is 8.26. The van der Waals surface area contributed by atoms with E-state index in [0.29, 0.717) is 19.7 Å². The molecule has 1 atom stereocenters. The highest BCUT2D eigenvalue weighted by Crippen LogP contribution is 2.18. The molecule has 2 aliphatic heterocycles. The van der Waals surface area contributed by atoms with Crippen LogP contribution in [0.3, 0.4) is 0 Å². The van der Waals surface area contributed by atoms with Crippen molar-refractivity contribution in [2.24, 2.45) is 10.9 Å². The lowest BCUT2D eigenvalue weighted by Gasteiger charge is -2.34. The normalized spacial score (nSPS) is 21.5. The molecule has 1 aromatic carbocycles. The number of aliphatic hydroxyl groups is 1. The molecule has 30 heavy (non-hydrogen) atoms. The van der Waals surface area contributed by atoms with Crippen LogP contribution < -0.4 is 5.32 Å². The fourth-order valence-corrected chi connectivity index (χ4v) is 4.23. The van der Waals surface area contributed by atoms with Gasteiger partial charge >= 0.3 is 5.97 Å². The van der Waals surface area contributed by atoms with Crippen molar-refractivity contribution in [3.8, 4) is 0 Å². The van der Waals surface area contributed by atoms with Gasteiger partial charge in [-0.2, -0.15) is 0 Å². The van der Waals surface area contributed by atoms with Gasteiger partial charge in [-0.15, -0.1) is 0 Å². The summed E-state index contributed by atoms with van der Waals surface area (Å²) in [4.78, 5) is 21.1. The van der Waals surface area contributed by atoms with Crippen LogP contribution >= 0.6 is 0 Å². The largest absolute Gasteiger partial charge is 0.466 e. The van der Waals surface area contributed by atoms with Gasteiger partial charge in [-0.3, -0.25) is 14.7 Å². The standard InChI is InChI=1S/C23H36N4O3/c1-3-30-22(29)20-5-4-12-27(17-20)23(24-2)25-15-18-6-8-19(9-7-18)16-26-13-10-21(28)11-14-26/h6-9,20-21,28H,3-5,10-17H2,1-2H3,(H,24,25). The molecule has 2 N–H and O–H groups in total. The summed E-state index contributed by atoms with van der Waals surface area (Å²) in [7, 11) is 1.79. The van der Waals surface area contributed by atoms with Crippen molar-refractivity contribution in [3.05, 3.63) is 35.4 Å². The first-order valence-electron chi connectivity index (χ1n) is 11.2. The van der Waals surface area contributed by atoms with E-state index in [2.05, 4.69) is 44.4 Å². The summed E-state index contributed by atoms with van der Waals surface area (Å²) in [6.07, 6.45) is 3.45. The molecule has 0 aliphatic carbocycles. The van der Waals surface area contributed by atoms with Crippen LogP contribution in [0.15, 0.2) is 29.3 Å². The maximum atomic E-state index is 12.1. The van der Waals surface area contributed by atoms with Crippen LogP contribution in [-0.2, 0) is 22.6 Å². The first-order chi connectivity index (χ1) is 14.6. The van der Waals surface area contributed by atoms with Crippen molar-refractivity contribution >= 4 is 11.9 Å². The number of guanidine groups is 1. The molecule has 2 heterocycles. The third-order valence-electron chi connectivity index (χ3n) is 5.99. The minimum absolute atomic E-state index is 0.0765. The molecule has 0 saturated carbocycles. The van der Waals surface area contributed by atoms with E-state index in [9.17, 15) is 9.90 Å². The Labute approximate surface area is 180 Å². The van der Waals surface area contributed by atoms with Crippen molar-refractivity contribution in [1.29, 1.82) is 0 Å². The molecule has 1 aromatic rings. The molecular formula is C23H36N4O3. The van der Waals surface area contributed by atoms with E-state index in [1.165, 1.54) is 11.1 Å². The third kappa shape index (κ3) is 6.44. The second-order valence-electron chi connectivity index (χ2n) is 8.26. The smallest absolute Gasteiger partial charge is 0.310 e. The molecular weight excluding hydrogens is 380 g/mol. The van der Waals surface area contributed by atoms with E-state index in [1.54, 1.807) is 7.05 Å². The summed E-state index contributed by atoms with van der Waals surface area (Å²) in [5.74, 6) is 0.656. The zero-order valence-corrected chi connectivity index (χ0v) is 18.3. The van der Waals surface area contributed by atoms with Gasteiger partial charge in [-0.05, 0) is 43.7 Å². The van der Waals surface area contributed by atoms with E-state index in [1.807, 2.05) is 6.92 Å². The Hall–Kier alpha value is -2.12. The molecule has 0 amide bonds. The van der Waals surface area contributed by atoms with Gasteiger partial charge in [0.1, 0.15) is 0 Å². The van der Waals surface area contributed by atoms with Gasteiger partial charge in [0.2, 0.25) is 0 Å². The number of nitrogens with one attached hydrogen (secondary N) is 1. The van der Waals surface area contributed by atoms with Gasteiger partial charge in [0.05, 0.1) is 18.6 Å². The average Bonchev–Trinajstić information content (AvgIpc) is 2.77. The molecule has 0 radical (unpaired) electrons. The predicted molar refractivity (Wildman–Crippen MR) is 118 cm³/mol. The second kappa shape index (κ2) is 11.3. The van der Waals surface area contributed by atoms with Gasteiger partial charge in [-0.1, -0.05) is 24.3 Å². The Bertz CT molecular complexity index is 699. The van der Waals surface area contributed by atoms with Gasteiger partial charge in [0.15, 0.2) is 5.96 Å². The summed E-state index contributed by atoms with van der Waals surface area (Å²) in [5.41, 5.74) is 2.50. The SMILES string of the molecule is CCOC(=O)C1CCCN(C(=NC)NCc2ccc(CN3CCC(O)CC3)cc2)C1. The summed E-state index contributed by atoms with van der Waals surface area (Å²) >= 11 is 0.